The lowest BCUT2D eigenvalue weighted by Gasteiger charge is -2.33. The first-order valence-corrected chi connectivity index (χ1v) is 5.73. The minimum atomic E-state index is 0.379. The van der Waals surface area contributed by atoms with Crippen LogP contribution in [0.5, 0.6) is 0 Å². The van der Waals surface area contributed by atoms with Crippen molar-refractivity contribution in [1.82, 2.24) is 4.90 Å². The van der Waals surface area contributed by atoms with Crippen LogP contribution in [0.25, 0.3) is 0 Å². The summed E-state index contributed by atoms with van der Waals surface area (Å²) < 4.78 is 10.9. The number of morpholine rings is 1. The van der Waals surface area contributed by atoms with Crippen LogP contribution in [-0.2, 0) is 9.47 Å². The monoisotopic (exact) mass is 211 g/mol. The van der Waals surface area contributed by atoms with Gasteiger partial charge in [0.1, 0.15) is 0 Å². The zero-order chi connectivity index (χ0) is 10.9. The molecule has 0 aliphatic carbocycles. The third kappa shape index (κ3) is 4.65. The highest BCUT2D eigenvalue weighted by molar-refractivity contribution is 5.01. The van der Waals surface area contributed by atoms with Gasteiger partial charge < -0.3 is 9.47 Å². The van der Waals surface area contributed by atoms with Crippen LogP contribution < -0.4 is 0 Å². The molecular weight excluding hydrogens is 190 g/mol. The molecule has 1 fully saturated rings. The summed E-state index contributed by atoms with van der Waals surface area (Å²) in [5, 5.41) is 0. The van der Waals surface area contributed by atoms with Gasteiger partial charge in [0.2, 0.25) is 0 Å². The number of hydrogen-bond acceptors (Lipinski definition) is 3. The predicted octanol–water partition coefficient (Wildman–Crippen LogP) is 1.14. The quantitative estimate of drug-likeness (QED) is 0.651. The highest BCUT2D eigenvalue weighted by Gasteiger charge is 2.21. The Morgan fingerprint density at radius 2 is 2.27 bits per heavy atom. The van der Waals surface area contributed by atoms with E-state index in [1.54, 1.807) is 0 Å². The molecule has 1 atom stereocenters. The van der Waals surface area contributed by atoms with Crippen LogP contribution in [0.3, 0.4) is 0 Å². The summed E-state index contributed by atoms with van der Waals surface area (Å²) in [6.45, 7) is 9.01. The molecular formula is C12H21NO2. The van der Waals surface area contributed by atoms with Crippen molar-refractivity contribution in [3.05, 3.63) is 0 Å². The molecule has 1 unspecified atom stereocenters. The molecule has 0 N–H and O–H groups in total. The van der Waals surface area contributed by atoms with Gasteiger partial charge in [-0.15, -0.1) is 5.92 Å². The van der Waals surface area contributed by atoms with Crippen molar-refractivity contribution in [1.29, 1.82) is 0 Å². The molecule has 0 radical (unpaired) electrons. The van der Waals surface area contributed by atoms with Crippen molar-refractivity contribution in [2.75, 3.05) is 39.5 Å². The standard InChI is InChI=1S/C12H21NO2/c1-3-5-6-7-13-8-9-15-11-12(13)10-14-4-2/h12H,3-4,7-11H2,1-2H3. The van der Waals surface area contributed by atoms with Crippen LogP contribution in [0.1, 0.15) is 20.3 Å². The summed E-state index contributed by atoms with van der Waals surface area (Å²) in [6.07, 6.45) is 0.931. The Bertz CT molecular complexity index is 219. The Hall–Kier alpha value is -0.560. The molecule has 0 spiro atoms. The maximum Gasteiger partial charge on any atom is 0.0645 e. The second kappa shape index (κ2) is 7.70. The van der Waals surface area contributed by atoms with E-state index in [-0.39, 0.29) is 0 Å². The smallest absolute Gasteiger partial charge is 0.0645 e. The van der Waals surface area contributed by atoms with E-state index in [2.05, 4.69) is 23.7 Å². The van der Waals surface area contributed by atoms with Gasteiger partial charge >= 0.3 is 0 Å². The first-order valence-electron chi connectivity index (χ1n) is 5.73. The topological polar surface area (TPSA) is 21.7 Å². The lowest BCUT2D eigenvalue weighted by atomic mass is 10.2. The minimum Gasteiger partial charge on any atom is -0.380 e. The number of hydrogen-bond donors (Lipinski definition) is 0. The Morgan fingerprint density at radius 1 is 1.40 bits per heavy atom. The van der Waals surface area contributed by atoms with Gasteiger partial charge in [-0.3, -0.25) is 4.90 Å². The largest absolute Gasteiger partial charge is 0.380 e. The van der Waals surface area contributed by atoms with Gasteiger partial charge in [-0.05, 0) is 6.92 Å². The second-order valence-corrected chi connectivity index (χ2v) is 3.57. The first kappa shape index (κ1) is 12.5. The van der Waals surface area contributed by atoms with Crippen LogP contribution in [0, 0.1) is 11.8 Å². The first-order chi connectivity index (χ1) is 7.38. The third-order valence-corrected chi connectivity index (χ3v) is 2.45. The molecule has 1 rings (SSSR count). The van der Waals surface area contributed by atoms with E-state index in [1.165, 1.54) is 0 Å². The molecule has 15 heavy (non-hydrogen) atoms. The summed E-state index contributed by atoms with van der Waals surface area (Å²) in [7, 11) is 0. The molecule has 0 aromatic rings. The van der Waals surface area contributed by atoms with Gasteiger partial charge in [-0.25, -0.2) is 0 Å². The molecule has 1 aliphatic heterocycles. The normalized spacial score (nSPS) is 22.1. The van der Waals surface area contributed by atoms with Crippen molar-refractivity contribution in [3.8, 4) is 11.8 Å². The lowest BCUT2D eigenvalue weighted by Crippen LogP contribution is -2.48. The highest BCUT2D eigenvalue weighted by Crippen LogP contribution is 2.06. The van der Waals surface area contributed by atoms with Crippen molar-refractivity contribution in [3.63, 3.8) is 0 Å². The maximum absolute atomic E-state index is 5.45. The van der Waals surface area contributed by atoms with E-state index in [0.717, 1.165) is 45.9 Å². The van der Waals surface area contributed by atoms with Gasteiger partial charge in [0, 0.05) is 19.6 Å². The molecule has 3 heteroatoms. The van der Waals surface area contributed by atoms with Gasteiger partial charge in [-0.2, -0.15) is 0 Å². The summed E-state index contributed by atoms with van der Waals surface area (Å²) in [4.78, 5) is 2.35. The second-order valence-electron chi connectivity index (χ2n) is 3.57. The van der Waals surface area contributed by atoms with Gasteiger partial charge in [0.15, 0.2) is 0 Å². The van der Waals surface area contributed by atoms with E-state index in [0.29, 0.717) is 6.04 Å². The van der Waals surface area contributed by atoms with Crippen LogP contribution in [0.15, 0.2) is 0 Å². The lowest BCUT2D eigenvalue weighted by molar-refractivity contribution is -0.0356. The van der Waals surface area contributed by atoms with E-state index in [9.17, 15) is 0 Å². The fourth-order valence-electron chi connectivity index (χ4n) is 1.59. The van der Waals surface area contributed by atoms with Crippen molar-refractivity contribution < 1.29 is 9.47 Å². The molecule has 1 heterocycles. The maximum atomic E-state index is 5.45. The van der Waals surface area contributed by atoms with Crippen molar-refractivity contribution in [2.45, 2.75) is 26.3 Å². The van der Waals surface area contributed by atoms with Crippen LogP contribution in [-0.4, -0.2) is 50.5 Å². The van der Waals surface area contributed by atoms with Crippen LogP contribution >= 0.6 is 0 Å². The zero-order valence-electron chi connectivity index (χ0n) is 9.79. The highest BCUT2D eigenvalue weighted by atomic mass is 16.5. The molecule has 0 bridgehead atoms. The fraction of sp³-hybridized carbons (Fsp3) is 0.833. The third-order valence-electron chi connectivity index (χ3n) is 2.45. The fourth-order valence-corrected chi connectivity index (χ4v) is 1.59. The molecule has 3 nitrogen and oxygen atoms in total. The van der Waals surface area contributed by atoms with Crippen LogP contribution in [0.4, 0.5) is 0 Å². The Morgan fingerprint density at radius 3 is 3.00 bits per heavy atom. The summed E-state index contributed by atoms with van der Waals surface area (Å²) in [5.74, 6) is 6.27. The van der Waals surface area contributed by atoms with Crippen LogP contribution in [0.2, 0.25) is 0 Å². The van der Waals surface area contributed by atoms with Crippen molar-refractivity contribution in [2.24, 2.45) is 0 Å². The SMILES string of the molecule is CCC#CCN1CCOCC1COCC. The van der Waals surface area contributed by atoms with Gasteiger partial charge in [-0.1, -0.05) is 12.8 Å². The van der Waals surface area contributed by atoms with Crippen molar-refractivity contribution >= 4 is 0 Å². The van der Waals surface area contributed by atoms with E-state index in [4.69, 9.17) is 9.47 Å². The molecule has 86 valence electrons. The average Bonchev–Trinajstić information content (AvgIpc) is 2.28. The molecule has 1 saturated heterocycles. The molecule has 0 aromatic carbocycles. The average molecular weight is 211 g/mol. The summed E-state index contributed by atoms with van der Waals surface area (Å²) in [5.41, 5.74) is 0. The summed E-state index contributed by atoms with van der Waals surface area (Å²) in [6, 6.07) is 0.379. The number of ether oxygens (including phenoxy) is 2. The van der Waals surface area contributed by atoms with E-state index < -0.39 is 0 Å². The Labute approximate surface area is 92.7 Å². The molecule has 0 saturated carbocycles. The summed E-state index contributed by atoms with van der Waals surface area (Å²) >= 11 is 0. The van der Waals surface area contributed by atoms with Gasteiger partial charge in [0.05, 0.1) is 32.4 Å². The predicted molar refractivity (Wildman–Crippen MR) is 60.7 cm³/mol. The Kier molecular flexibility index (Phi) is 6.42. The molecule has 1 aliphatic rings. The minimum absolute atomic E-state index is 0.379. The Balaban J connectivity index is 2.35. The zero-order valence-corrected chi connectivity index (χ0v) is 9.79. The molecule has 0 amide bonds. The molecule has 0 aromatic heterocycles. The number of rotatable bonds is 4. The van der Waals surface area contributed by atoms with Gasteiger partial charge in [0.25, 0.3) is 0 Å². The number of nitrogens with zero attached hydrogens (tertiary/aromatic N) is 1. The van der Waals surface area contributed by atoms with E-state index in [1.807, 2.05) is 6.92 Å². The van der Waals surface area contributed by atoms with E-state index >= 15 is 0 Å².